The molecule has 0 aliphatic carbocycles. The number of nitrogens with zero attached hydrogens (tertiary/aromatic N) is 4. The first kappa shape index (κ1) is 9.91. The van der Waals surface area contributed by atoms with Crippen LogP contribution in [0.4, 0.5) is 0 Å². The van der Waals surface area contributed by atoms with Crippen LogP contribution >= 0.6 is 0 Å². The van der Waals surface area contributed by atoms with E-state index in [1.807, 2.05) is 24.8 Å². The van der Waals surface area contributed by atoms with E-state index >= 15 is 0 Å². The zero-order valence-electron chi connectivity index (χ0n) is 8.75. The molecule has 76 valence electrons. The van der Waals surface area contributed by atoms with Gasteiger partial charge >= 0.3 is 0 Å². The van der Waals surface area contributed by atoms with E-state index in [0.29, 0.717) is 0 Å². The zero-order chi connectivity index (χ0) is 10.7. The van der Waals surface area contributed by atoms with E-state index in [1.165, 1.54) is 10.4 Å². The third kappa shape index (κ3) is 1.92. The second kappa shape index (κ2) is 3.86. The molecule has 2 aromatic rings. The summed E-state index contributed by atoms with van der Waals surface area (Å²) in [6, 6.07) is 0. The van der Waals surface area contributed by atoms with Gasteiger partial charge in [-0.1, -0.05) is 13.1 Å². The predicted molar refractivity (Wildman–Crippen MR) is 60.8 cm³/mol. The number of rotatable bonds is 2. The van der Waals surface area contributed by atoms with Crippen LogP contribution in [0.25, 0.3) is 0 Å². The standard InChI is InChI=1S/C10H12N4Si/c1-15(2,9-3-11-7-12-4-9)10-5-13-8-14-6-10/h3-8H,1-2H3. The molecule has 0 N–H and O–H groups in total. The molecule has 0 spiro atoms. The van der Waals surface area contributed by atoms with Crippen LogP contribution in [0.5, 0.6) is 0 Å². The first-order valence-electron chi connectivity index (χ1n) is 4.72. The quantitative estimate of drug-likeness (QED) is 0.668. The van der Waals surface area contributed by atoms with Crippen molar-refractivity contribution in [2.45, 2.75) is 13.1 Å². The molecule has 0 fully saturated rings. The monoisotopic (exact) mass is 216 g/mol. The lowest BCUT2D eigenvalue weighted by atomic mass is 10.7. The SMILES string of the molecule is C[Si](C)(c1cncnc1)c1cncnc1. The molecule has 0 saturated carbocycles. The van der Waals surface area contributed by atoms with Crippen LogP contribution in [0.2, 0.25) is 13.1 Å². The Kier molecular flexibility index (Phi) is 2.55. The number of hydrogen-bond acceptors (Lipinski definition) is 4. The Bertz CT molecular complexity index is 388. The van der Waals surface area contributed by atoms with Gasteiger partial charge in [-0.15, -0.1) is 0 Å². The van der Waals surface area contributed by atoms with Crippen molar-refractivity contribution in [2.75, 3.05) is 0 Å². The third-order valence-corrected chi connectivity index (χ3v) is 5.97. The van der Waals surface area contributed by atoms with Crippen molar-refractivity contribution in [1.29, 1.82) is 0 Å². The summed E-state index contributed by atoms with van der Waals surface area (Å²) in [7, 11) is -1.71. The van der Waals surface area contributed by atoms with Crippen molar-refractivity contribution >= 4 is 18.4 Å². The fourth-order valence-corrected chi connectivity index (χ4v) is 3.33. The maximum atomic E-state index is 4.06. The molecular weight excluding hydrogens is 204 g/mol. The van der Waals surface area contributed by atoms with Crippen LogP contribution in [0.15, 0.2) is 37.4 Å². The summed E-state index contributed by atoms with van der Waals surface area (Å²) in [5, 5.41) is 2.39. The van der Waals surface area contributed by atoms with E-state index in [1.54, 1.807) is 12.7 Å². The lowest BCUT2D eigenvalue weighted by Gasteiger charge is -2.21. The zero-order valence-corrected chi connectivity index (χ0v) is 9.75. The van der Waals surface area contributed by atoms with Gasteiger partial charge in [-0.3, -0.25) is 0 Å². The lowest BCUT2D eigenvalue weighted by molar-refractivity contribution is 1.17. The van der Waals surface area contributed by atoms with E-state index in [4.69, 9.17) is 0 Å². The highest BCUT2D eigenvalue weighted by atomic mass is 28.3. The summed E-state index contributed by atoms with van der Waals surface area (Å²) in [6.07, 6.45) is 10.6. The normalized spacial score (nSPS) is 11.3. The van der Waals surface area contributed by atoms with Gasteiger partial charge < -0.3 is 0 Å². The van der Waals surface area contributed by atoms with Crippen molar-refractivity contribution < 1.29 is 0 Å². The molecule has 0 amide bonds. The minimum Gasteiger partial charge on any atom is -0.245 e. The average molecular weight is 216 g/mol. The molecule has 2 rings (SSSR count). The molecule has 0 aliphatic heterocycles. The van der Waals surface area contributed by atoms with Crippen molar-refractivity contribution in [1.82, 2.24) is 19.9 Å². The summed E-state index contributed by atoms with van der Waals surface area (Å²) in [4.78, 5) is 16.2. The molecule has 0 bridgehead atoms. The molecule has 0 unspecified atom stereocenters. The van der Waals surface area contributed by atoms with Gasteiger partial charge in [0.05, 0.1) is 0 Å². The Labute approximate surface area is 89.5 Å². The Morgan fingerprint density at radius 2 is 1.07 bits per heavy atom. The molecule has 0 saturated heterocycles. The van der Waals surface area contributed by atoms with E-state index < -0.39 is 8.07 Å². The highest BCUT2D eigenvalue weighted by Crippen LogP contribution is 2.00. The van der Waals surface area contributed by atoms with Crippen LogP contribution in [0.1, 0.15) is 0 Å². The maximum Gasteiger partial charge on any atom is 0.120 e. The first-order valence-corrected chi connectivity index (χ1v) is 7.72. The van der Waals surface area contributed by atoms with Crippen molar-refractivity contribution in [3.63, 3.8) is 0 Å². The fraction of sp³-hybridized carbons (Fsp3) is 0.200. The van der Waals surface area contributed by atoms with Gasteiger partial charge in [-0.25, -0.2) is 19.9 Å². The van der Waals surface area contributed by atoms with Gasteiger partial charge in [0.2, 0.25) is 0 Å². The molecule has 0 radical (unpaired) electrons. The van der Waals surface area contributed by atoms with Crippen LogP contribution in [0.3, 0.4) is 0 Å². The van der Waals surface area contributed by atoms with Gasteiger partial charge in [0.15, 0.2) is 0 Å². The summed E-state index contributed by atoms with van der Waals surface area (Å²) in [5.41, 5.74) is 0. The van der Waals surface area contributed by atoms with Gasteiger partial charge in [-0.2, -0.15) is 0 Å². The molecule has 2 heterocycles. The maximum absolute atomic E-state index is 4.06. The minimum absolute atomic E-state index is 1.19. The molecule has 4 nitrogen and oxygen atoms in total. The lowest BCUT2D eigenvalue weighted by Crippen LogP contribution is -2.53. The second-order valence-corrected chi connectivity index (χ2v) is 8.28. The van der Waals surface area contributed by atoms with Crippen molar-refractivity contribution in [3.8, 4) is 0 Å². The number of hydrogen-bond donors (Lipinski definition) is 0. The van der Waals surface area contributed by atoms with E-state index in [-0.39, 0.29) is 0 Å². The predicted octanol–water partition coefficient (Wildman–Crippen LogP) is 0.0892. The Morgan fingerprint density at radius 3 is 1.40 bits per heavy atom. The molecular formula is C10H12N4Si. The molecule has 0 aliphatic rings. The summed E-state index contributed by atoms with van der Waals surface area (Å²) in [5.74, 6) is 0. The topological polar surface area (TPSA) is 51.6 Å². The van der Waals surface area contributed by atoms with Gasteiger partial charge in [-0.05, 0) is 10.4 Å². The highest BCUT2D eigenvalue weighted by Gasteiger charge is 2.26. The van der Waals surface area contributed by atoms with Gasteiger partial charge in [0.1, 0.15) is 20.7 Å². The van der Waals surface area contributed by atoms with Crippen molar-refractivity contribution in [3.05, 3.63) is 37.4 Å². The van der Waals surface area contributed by atoms with Gasteiger partial charge in [0.25, 0.3) is 0 Å². The average Bonchev–Trinajstić information content (AvgIpc) is 2.31. The van der Waals surface area contributed by atoms with E-state index in [0.717, 1.165) is 0 Å². The largest absolute Gasteiger partial charge is 0.245 e. The van der Waals surface area contributed by atoms with Crippen LogP contribution < -0.4 is 10.4 Å². The van der Waals surface area contributed by atoms with Crippen molar-refractivity contribution in [2.24, 2.45) is 0 Å². The van der Waals surface area contributed by atoms with E-state index in [9.17, 15) is 0 Å². The van der Waals surface area contributed by atoms with Crippen LogP contribution in [-0.2, 0) is 0 Å². The van der Waals surface area contributed by atoms with Gasteiger partial charge in [0, 0.05) is 24.8 Å². The van der Waals surface area contributed by atoms with Crippen LogP contribution in [-0.4, -0.2) is 28.0 Å². The Balaban J connectivity index is 2.44. The molecule has 0 atom stereocenters. The molecule has 5 heteroatoms. The summed E-state index contributed by atoms with van der Waals surface area (Å²) >= 11 is 0. The molecule has 0 aromatic carbocycles. The Hall–Kier alpha value is -1.62. The third-order valence-electron chi connectivity index (χ3n) is 2.56. The van der Waals surface area contributed by atoms with E-state index in [2.05, 4.69) is 33.0 Å². The smallest absolute Gasteiger partial charge is 0.120 e. The van der Waals surface area contributed by atoms with Crippen LogP contribution in [0, 0.1) is 0 Å². The second-order valence-electron chi connectivity index (χ2n) is 3.88. The molecule has 2 aromatic heterocycles. The number of aromatic nitrogens is 4. The fourth-order valence-electron chi connectivity index (χ4n) is 1.41. The highest BCUT2D eigenvalue weighted by molar-refractivity contribution is 7.00. The summed E-state index contributed by atoms with van der Waals surface area (Å²) in [6.45, 7) is 4.48. The molecule has 15 heavy (non-hydrogen) atoms. The minimum atomic E-state index is -1.71. The first-order chi connectivity index (χ1) is 7.21. The Morgan fingerprint density at radius 1 is 0.733 bits per heavy atom. The summed E-state index contributed by atoms with van der Waals surface area (Å²) < 4.78 is 0.